The Morgan fingerprint density at radius 2 is 2.07 bits per heavy atom. The Kier molecular flexibility index (Phi) is 4.96. The molecule has 28 heavy (non-hydrogen) atoms. The molecule has 1 aromatic carbocycles. The summed E-state index contributed by atoms with van der Waals surface area (Å²) in [5.74, 6) is 0.111. The third-order valence-corrected chi connectivity index (χ3v) is 7.34. The molecule has 146 valence electrons. The van der Waals surface area contributed by atoms with Crippen LogP contribution < -0.4 is 5.32 Å². The summed E-state index contributed by atoms with van der Waals surface area (Å²) < 4.78 is 32.0. The van der Waals surface area contributed by atoms with Crippen LogP contribution in [0.2, 0.25) is 5.02 Å². The van der Waals surface area contributed by atoms with E-state index >= 15 is 0 Å². The number of carbonyl (C=O) groups excluding carboxylic acids is 1. The first kappa shape index (κ1) is 19.1. The van der Waals surface area contributed by atoms with E-state index in [-0.39, 0.29) is 17.1 Å². The third-order valence-electron chi connectivity index (χ3n) is 4.23. The Bertz CT molecular complexity index is 1140. The Labute approximate surface area is 170 Å². The van der Waals surface area contributed by atoms with Gasteiger partial charge in [-0.05, 0) is 31.2 Å². The van der Waals surface area contributed by atoms with E-state index in [9.17, 15) is 13.2 Å². The molecule has 3 aromatic rings. The summed E-state index contributed by atoms with van der Waals surface area (Å²) in [6, 6.07) is 7.62. The van der Waals surface area contributed by atoms with Crippen LogP contribution in [0.3, 0.4) is 0 Å². The Hall–Kier alpha value is -2.27. The third kappa shape index (κ3) is 3.68. The number of aryl methyl sites for hydroxylation is 1. The number of amides is 1. The number of hydrogen-bond donors (Lipinski definition) is 1. The summed E-state index contributed by atoms with van der Waals surface area (Å²) in [6.07, 6.45) is 0.470. The molecule has 2 aromatic heterocycles. The maximum atomic E-state index is 12.9. The summed E-state index contributed by atoms with van der Waals surface area (Å²) in [5.41, 5.74) is 0.955. The zero-order chi connectivity index (χ0) is 19.9. The van der Waals surface area contributed by atoms with Gasteiger partial charge in [0.2, 0.25) is 10.0 Å². The maximum absolute atomic E-state index is 12.9. The Morgan fingerprint density at radius 3 is 2.75 bits per heavy atom. The minimum atomic E-state index is -3.63. The van der Waals surface area contributed by atoms with Crippen LogP contribution in [0.1, 0.15) is 26.8 Å². The first-order valence-corrected chi connectivity index (χ1v) is 11.0. The highest BCUT2D eigenvalue weighted by molar-refractivity contribution is 7.89. The standard InChI is InChI=1S/C17H15ClN4O4S2/c1-10-8-14(21-26-10)16(23)20-17-19-13-6-7-22(9-15(13)27-17)28(24,25)12-4-2-11(18)3-5-12/h2-5,8H,6-7,9H2,1H3,(H,19,20,23). The largest absolute Gasteiger partial charge is 0.361 e. The second kappa shape index (κ2) is 7.28. The highest BCUT2D eigenvalue weighted by Gasteiger charge is 2.30. The van der Waals surface area contributed by atoms with Crippen LogP contribution in [0.4, 0.5) is 5.13 Å². The van der Waals surface area contributed by atoms with Crippen LogP contribution in [0.15, 0.2) is 39.8 Å². The molecular weight excluding hydrogens is 424 g/mol. The monoisotopic (exact) mass is 438 g/mol. The number of rotatable bonds is 4. The van der Waals surface area contributed by atoms with Crippen LogP contribution in [0.25, 0.3) is 0 Å². The molecule has 3 heterocycles. The lowest BCUT2D eigenvalue weighted by atomic mass is 10.2. The predicted molar refractivity (Wildman–Crippen MR) is 104 cm³/mol. The number of nitrogens with one attached hydrogen (secondary N) is 1. The van der Waals surface area contributed by atoms with Gasteiger partial charge in [0.15, 0.2) is 10.8 Å². The van der Waals surface area contributed by atoms with Crippen LogP contribution in [0, 0.1) is 6.92 Å². The zero-order valence-electron chi connectivity index (χ0n) is 14.7. The van der Waals surface area contributed by atoms with Crippen molar-refractivity contribution in [1.82, 2.24) is 14.4 Å². The number of sulfonamides is 1. The molecule has 0 aliphatic carbocycles. The number of fused-ring (bicyclic) bond motifs is 1. The average Bonchev–Trinajstić information content (AvgIpc) is 3.27. The number of anilines is 1. The maximum Gasteiger partial charge on any atom is 0.279 e. The minimum Gasteiger partial charge on any atom is -0.361 e. The van der Waals surface area contributed by atoms with Crippen molar-refractivity contribution >= 4 is 44.0 Å². The SMILES string of the molecule is Cc1cc(C(=O)Nc2nc3c(s2)CN(S(=O)(=O)c2ccc(Cl)cc2)CC3)no1. The molecule has 1 aliphatic rings. The summed E-state index contributed by atoms with van der Waals surface area (Å²) >= 11 is 7.10. The van der Waals surface area contributed by atoms with Crippen molar-refractivity contribution in [3.05, 3.63) is 57.4 Å². The van der Waals surface area contributed by atoms with Crippen molar-refractivity contribution in [3.8, 4) is 0 Å². The summed E-state index contributed by atoms with van der Waals surface area (Å²) in [4.78, 5) is 17.6. The van der Waals surface area contributed by atoms with E-state index in [4.69, 9.17) is 16.1 Å². The molecule has 1 aliphatic heterocycles. The molecule has 0 bridgehead atoms. The lowest BCUT2D eigenvalue weighted by molar-refractivity contribution is 0.101. The molecular formula is C17H15ClN4O4S2. The average molecular weight is 439 g/mol. The molecule has 0 unspecified atom stereocenters. The Balaban J connectivity index is 1.51. The van der Waals surface area contributed by atoms with Gasteiger partial charge in [-0.3, -0.25) is 10.1 Å². The van der Waals surface area contributed by atoms with E-state index in [2.05, 4.69) is 15.5 Å². The molecule has 0 saturated heterocycles. The molecule has 1 N–H and O–H groups in total. The molecule has 0 radical (unpaired) electrons. The zero-order valence-corrected chi connectivity index (χ0v) is 17.1. The van der Waals surface area contributed by atoms with Gasteiger partial charge in [-0.15, -0.1) is 11.3 Å². The van der Waals surface area contributed by atoms with Crippen molar-refractivity contribution in [1.29, 1.82) is 0 Å². The van der Waals surface area contributed by atoms with Gasteiger partial charge in [-0.1, -0.05) is 16.8 Å². The second-order valence-corrected chi connectivity index (χ2v) is 9.67. The van der Waals surface area contributed by atoms with Crippen LogP contribution in [-0.2, 0) is 23.0 Å². The van der Waals surface area contributed by atoms with E-state index in [0.29, 0.717) is 28.9 Å². The fourth-order valence-corrected chi connectivity index (χ4v) is 5.46. The van der Waals surface area contributed by atoms with E-state index in [1.165, 1.54) is 33.8 Å². The number of aromatic nitrogens is 2. The molecule has 1 amide bonds. The van der Waals surface area contributed by atoms with E-state index in [0.717, 1.165) is 10.6 Å². The number of thiazole rings is 1. The van der Waals surface area contributed by atoms with Crippen LogP contribution in [-0.4, -0.2) is 35.3 Å². The van der Waals surface area contributed by atoms with E-state index in [1.807, 2.05) is 0 Å². The van der Waals surface area contributed by atoms with E-state index < -0.39 is 15.9 Å². The highest BCUT2D eigenvalue weighted by Crippen LogP contribution is 2.31. The lowest BCUT2D eigenvalue weighted by Gasteiger charge is -2.25. The van der Waals surface area contributed by atoms with Gasteiger partial charge >= 0.3 is 0 Å². The van der Waals surface area contributed by atoms with Crippen LogP contribution >= 0.6 is 22.9 Å². The van der Waals surface area contributed by atoms with Gasteiger partial charge in [-0.25, -0.2) is 13.4 Å². The first-order valence-electron chi connectivity index (χ1n) is 8.32. The van der Waals surface area contributed by atoms with Crippen molar-refractivity contribution in [3.63, 3.8) is 0 Å². The number of nitrogens with zero attached hydrogens (tertiary/aromatic N) is 3. The number of halogens is 1. The van der Waals surface area contributed by atoms with E-state index in [1.54, 1.807) is 19.1 Å². The Morgan fingerprint density at radius 1 is 1.32 bits per heavy atom. The number of carbonyl (C=O) groups is 1. The smallest absolute Gasteiger partial charge is 0.279 e. The molecule has 8 nitrogen and oxygen atoms in total. The summed E-state index contributed by atoms with van der Waals surface area (Å²) in [5, 5.41) is 7.24. The summed E-state index contributed by atoms with van der Waals surface area (Å²) in [7, 11) is -3.63. The quantitative estimate of drug-likeness (QED) is 0.671. The number of hydrogen-bond acceptors (Lipinski definition) is 7. The molecule has 0 spiro atoms. The van der Waals surface area contributed by atoms with Gasteiger partial charge in [-0.2, -0.15) is 4.31 Å². The second-order valence-electron chi connectivity index (χ2n) is 6.21. The molecule has 4 rings (SSSR count). The fourth-order valence-electron chi connectivity index (χ4n) is 2.82. The molecule has 11 heteroatoms. The lowest BCUT2D eigenvalue weighted by Crippen LogP contribution is -2.35. The van der Waals surface area contributed by atoms with Crippen molar-refractivity contribution in [2.45, 2.75) is 24.8 Å². The van der Waals surface area contributed by atoms with Gasteiger partial charge < -0.3 is 4.52 Å². The fraction of sp³-hybridized carbons (Fsp3) is 0.235. The topological polar surface area (TPSA) is 105 Å². The molecule has 0 saturated carbocycles. The molecule has 0 fully saturated rings. The van der Waals surface area contributed by atoms with Gasteiger partial charge in [0.25, 0.3) is 5.91 Å². The van der Waals surface area contributed by atoms with Crippen LogP contribution in [0.5, 0.6) is 0 Å². The van der Waals surface area contributed by atoms with Gasteiger partial charge in [0.05, 0.1) is 17.1 Å². The first-order chi connectivity index (χ1) is 13.3. The van der Waals surface area contributed by atoms with Gasteiger partial charge in [0, 0.05) is 28.9 Å². The predicted octanol–water partition coefficient (Wildman–Crippen LogP) is 3.09. The normalized spacial score (nSPS) is 14.6. The van der Waals surface area contributed by atoms with Gasteiger partial charge in [0.1, 0.15) is 5.76 Å². The van der Waals surface area contributed by atoms with Crippen molar-refractivity contribution < 1.29 is 17.7 Å². The molecule has 0 atom stereocenters. The minimum absolute atomic E-state index is 0.164. The number of benzene rings is 1. The summed E-state index contributed by atoms with van der Waals surface area (Å²) in [6.45, 7) is 2.22. The van der Waals surface area contributed by atoms with Crippen molar-refractivity contribution in [2.24, 2.45) is 0 Å². The highest BCUT2D eigenvalue weighted by atomic mass is 35.5. The van der Waals surface area contributed by atoms with Crippen molar-refractivity contribution in [2.75, 3.05) is 11.9 Å².